The van der Waals surface area contributed by atoms with Crippen LogP contribution in [0.5, 0.6) is 0 Å². The van der Waals surface area contributed by atoms with Gasteiger partial charge in [0.15, 0.2) is 5.11 Å². The number of thiocarbonyl (C=S) groups is 1. The van der Waals surface area contributed by atoms with Crippen molar-refractivity contribution >= 4 is 46.3 Å². The summed E-state index contributed by atoms with van der Waals surface area (Å²) in [6, 6.07) is 0. The molecule has 0 unspecified atom stereocenters. The first-order chi connectivity index (χ1) is 4.70. The zero-order valence-corrected chi connectivity index (χ0v) is 8.28. The molecule has 0 saturated heterocycles. The van der Waals surface area contributed by atoms with Crippen molar-refractivity contribution in [2.75, 3.05) is 6.61 Å². The predicted octanol–water partition coefficient (Wildman–Crippen LogP) is 0.957. The third-order valence-corrected chi connectivity index (χ3v) is 1.69. The molecule has 10 heavy (non-hydrogen) atoms. The van der Waals surface area contributed by atoms with E-state index in [9.17, 15) is 4.79 Å². The Hall–Kier alpha value is -0.110. The molecule has 0 fully saturated rings. The Bertz CT molecular complexity index is 141. The van der Waals surface area contributed by atoms with Crippen molar-refractivity contribution in [3.05, 3.63) is 0 Å². The van der Waals surface area contributed by atoms with Crippen LogP contribution in [0.15, 0.2) is 0 Å². The van der Waals surface area contributed by atoms with E-state index in [0.29, 0.717) is 6.61 Å². The summed E-state index contributed by atoms with van der Waals surface area (Å²) in [6.45, 7) is 2.07. The minimum absolute atomic E-state index is 0.249. The third kappa shape index (κ3) is 4.74. The van der Waals surface area contributed by atoms with E-state index in [0.717, 1.165) is 0 Å². The molecule has 0 aliphatic heterocycles. The molecule has 0 aromatic rings. The number of hydrogen-bond acceptors (Lipinski definition) is 3. The molecule has 6 heteroatoms. The molecule has 0 rings (SSSR count). The van der Waals surface area contributed by atoms with E-state index in [1.165, 1.54) is 0 Å². The molecule has 0 radical (unpaired) electrons. The molecule has 58 valence electrons. The van der Waals surface area contributed by atoms with E-state index >= 15 is 0 Å². The minimum atomic E-state index is -0.531. The molecular formula is C4H7IN2O2S. The van der Waals surface area contributed by atoms with Crippen LogP contribution >= 0.6 is 35.1 Å². The molecule has 0 saturated carbocycles. The summed E-state index contributed by atoms with van der Waals surface area (Å²) in [7, 11) is 0. The van der Waals surface area contributed by atoms with Gasteiger partial charge in [-0.05, 0) is 19.1 Å². The lowest BCUT2D eigenvalue weighted by atomic mass is 10.8. The van der Waals surface area contributed by atoms with E-state index in [2.05, 4.69) is 25.8 Å². The second-order valence-electron chi connectivity index (χ2n) is 1.27. The van der Waals surface area contributed by atoms with Gasteiger partial charge in [0.25, 0.3) is 0 Å². The Morgan fingerprint density at radius 3 is 2.80 bits per heavy atom. The maximum Gasteiger partial charge on any atom is 0.413 e. The largest absolute Gasteiger partial charge is 0.450 e. The van der Waals surface area contributed by atoms with Crippen LogP contribution in [-0.2, 0) is 4.74 Å². The first-order valence-electron chi connectivity index (χ1n) is 2.55. The Morgan fingerprint density at radius 2 is 2.40 bits per heavy atom. The Kier molecular flexibility index (Phi) is 5.60. The summed E-state index contributed by atoms with van der Waals surface area (Å²) < 4.78 is 7.08. The number of rotatable bonds is 1. The molecule has 0 aliphatic carbocycles. The van der Waals surface area contributed by atoms with Gasteiger partial charge in [-0.3, -0.25) is 5.32 Å². The van der Waals surface area contributed by atoms with Crippen molar-refractivity contribution in [3.63, 3.8) is 0 Å². The highest BCUT2D eigenvalue weighted by atomic mass is 127. The number of carbonyl (C=O) groups is 1. The van der Waals surface area contributed by atoms with Gasteiger partial charge in [-0.15, -0.1) is 0 Å². The number of amides is 1. The quantitative estimate of drug-likeness (QED) is 0.425. The van der Waals surface area contributed by atoms with Crippen molar-refractivity contribution in [2.45, 2.75) is 6.92 Å². The van der Waals surface area contributed by atoms with Gasteiger partial charge in [-0.2, -0.15) is 0 Å². The highest BCUT2D eigenvalue weighted by Gasteiger charge is 2.00. The van der Waals surface area contributed by atoms with Crippen molar-refractivity contribution in [3.8, 4) is 0 Å². The third-order valence-electron chi connectivity index (χ3n) is 0.577. The van der Waals surface area contributed by atoms with Gasteiger partial charge in [-0.1, -0.05) is 0 Å². The van der Waals surface area contributed by atoms with Crippen LogP contribution in [-0.4, -0.2) is 17.8 Å². The lowest BCUT2D eigenvalue weighted by Gasteiger charge is -2.03. The molecule has 0 heterocycles. The monoisotopic (exact) mass is 274 g/mol. The maximum absolute atomic E-state index is 10.5. The molecular weight excluding hydrogens is 267 g/mol. The summed E-state index contributed by atoms with van der Waals surface area (Å²) in [6.07, 6.45) is -0.531. The molecule has 0 aliphatic rings. The summed E-state index contributed by atoms with van der Waals surface area (Å²) >= 11 is 6.43. The van der Waals surface area contributed by atoms with Crippen LogP contribution in [0.2, 0.25) is 0 Å². The van der Waals surface area contributed by atoms with E-state index < -0.39 is 6.09 Å². The van der Waals surface area contributed by atoms with Crippen LogP contribution in [0, 0.1) is 0 Å². The smallest absolute Gasteiger partial charge is 0.413 e. The standard InChI is InChI=1S/C4H7IN2O2S/c1-2-9-4(8)6-3(10)7-5/h2H2,1H3,(H2,6,7,8,10). The van der Waals surface area contributed by atoms with Gasteiger partial charge in [0.1, 0.15) is 0 Å². The number of halogens is 1. The van der Waals surface area contributed by atoms with Crippen LogP contribution in [0.1, 0.15) is 6.92 Å². The van der Waals surface area contributed by atoms with E-state index in [1.807, 2.05) is 22.9 Å². The first-order valence-corrected chi connectivity index (χ1v) is 4.03. The lowest BCUT2D eigenvalue weighted by molar-refractivity contribution is 0.158. The SMILES string of the molecule is CCOC(=O)NC(=S)NI. The Morgan fingerprint density at radius 1 is 1.80 bits per heavy atom. The molecule has 0 spiro atoms. The van der Waals surface area contributed by atoms with Gasteiger partial charge >= 0.3 is 6.09 Å². The highest BCUT2D eigenvalue weighted by molar-refractivity contribution is 14.1. The van der Waals surface area contributed by atoms with Gasteiger partial charge in [0.05, 0.1) is 29.5 Å². The molecule has 1 amide bonds. The number of ether oxygens (including phenoxy) is 1. The fraction of sp³-hybridized carbons (Fsp3) is 0.500. The summed E-state index contributed by atoms with van der Waals surface area (Å²) in [4.78, 5) is 10.5. The van der Waals surface area contributed by atoms with Crippen LogP contribution in [0.25, 0.3) is 0 Å². The maximum atomic E-state index is 10.5. The summed E-state index contributed by atoms with van der Waals surface area (Å²) in [5.74, 6) is 0. The van der Waals surface area contributed by atoms with Gasteiger partial charge in [-0.25, -0.2) is 4.79 Å². The van der Waals surface area contributed by atoms with E-state index in [4.69, 9.17) is 0 Å². The summed E-state index contributed by atoms with van der Waals surface area (Å²) in [5, 5.41) is 2.53. The number of nitrogens with one attached hydrogen (secondary N) is 2. The van der Waals surface area contributed by atoms with Crippen LogP contribution in [0.3, 0.4) is 0 Å². The molecule has 0 aromatic heterocycles. The fourth-order valence-corrected chi connectivity index (χ4v) is 0.502. The second-order valence-corrected chi connectivity index (χ2v) is 2.22. The highest BCUT2D eigenvalue weighted by Crippen LogP contribution is 1.78. The minimum Gasteiger partial charge on any atom is -0.450 e. The van der Waals surface area contributed by atoms with Crippen molar-refractivity contribution in [1.29, 1.82) is 0 Å². The molecule has 0 atom stereocenters. The zero-order chi connectivity index (χ0) is 7.98. The first kappa shape index (κ1) is 9.89. The van der Waals surface area contributed by atoms with Crippen LogP contribution < -0.4 is 8.85 Å². The molecule has 0 aromatic carbocycles. The van der Waals surface area contributed by atoms with Crippen LogP contribution in [0.4, 0.5) is 4.79 Å². The van der Waals surface area contributed by atoms with Crippen molar-refractivity contribution < 1.29 is 9.53 Å². The topological polar surface area (TPSA) is 50.4 Å². The molecule has 0 bridgehead atoms. The number of hydrogen-bond donors (Lipinski definition) is 2. The molecule has 4 nitrogen and oxygen atoms in total. The van der Waals surface area contributed by atoms with E-state index in [-0.39, 0.29) is 5.11 Å². The number of carbonyl (C=O) groups excluding carboxylic acids is 1. The second kappa shape index (κ2) is 5.66. The Balaban J connectivity index is 3.47. The van der Waals surface area contributed by atoms with Crippen molar-refractivity contribution in [2.24, 2.45) is 0 Å². The predicted molar refractivity (Wildman–Crippen MR) is 49.9 cm³/mol. The van der Waals surface area contributed by atoms with Crippen molar-refractivity contribution in [1.82, 2.24) is 8.85 Å². The average Bonchev–Trinajstić information content (AvgIpc) is 1.88. The van der Waals surface area contributed by atoms with E-state index in [1.54, 1.807) is 6.92 Å². The average molecular weight is 274 g/mol. The van der Waals surface area contributed by atoms with Gasteiger partial charge in [0, 0.05) is 0 Å². The van der Waals surface area contributed by atoms with Gasteiger partial charge in [0.2, 0.25) is 0 Å². The fourth-order valence-electron chi connectivity index (χ4n) is 0.283. The normalized spacial score (nSPS) is 8.20. The molecule has 2 N–H and O–H groups in total. The zero-order valence-electron chi connectivity index (χ0n) is 5.31. The Labute approximate surface area is 78.2 Å². The summed E-state index contributed by atoms with van der Waals surface area (Å²) in [5.41, 5.74) is 0. The van der Waals surface area contributed by atoms with Gasteiger partial charge < -0.3 is 8.27 Å². The lowest BCUT2D eigenvalue weighted by Crippen LogP contribution is -2.35. The number of alkyl carbamates (subject to hydrolysis) is 1.